The van der Waals surface area contributed by atoms with Crippen LogP contribution in [-0.2, 0) is 10.0 Å². The van der Waals surface area contributed by atoms with Gasteiger partial charge in [-0.3, -0.25) is 4.72 Å². The van der Waals surface area contributed by atoms with Crippen LogP contribution in [0.5, 0.6) is 5.75 Å². The predicted molar refractivity (Wildman–Crippen MR) is 105 cm³/mol. The van der Waals surface area contributed by atoms with Gasteiger partial charge in [-0.05, 0) is 43.8 Å². The van der Waals surface area contributed by atoms with Gasteiger partial charge in [0.25, 0.3) is 10.0 Å². The molecule has 1 fully saturated rings. The quantitative estimate of drug-likeness (QED) is 0.788. The highest BCUT2D eigenvalue weighted by molar-refractivity contribution is 7.92. The number of ether oxygens (including phenoxy) is 1. The van der Waals surface area contributed by atoms with Crippen LogP contribution in [0, 0.1) is 11.3 Å². The molecule has 1 atom stereocenters. The second-order valence-electron chi connectivity index (χ2n) is 6.30. The highest BCUT2D eigenvalue weighted by Crippen LogP contribution is 2.32. The van der Waals surface area contributed by atoms with Gasteiger partial charge in [0.05, 0.1) is 27.4 Å². The molecule has 2 aromatic rings. The fourth-order valence-electron chi connectivity index (χ4n) is 2.83. The van der Waals surface area contributed by atoms with E-state index in [9.17, 15) is 8.42 Å². The van der Waals surface area contributed by atoms with Gasteiger partial charge in [-0.2, -0.15) is 5.26 Å². The summed E-state index contributed by atoms with van der Waals surface area (Å²) in [5, 5.41) is 9.26. The molecule has 0 aromatic heterocycles. The van der Waals surface area contributed by atoms with E-state index in [1.165, 1.54) is 18.2 Å². The number of nitriles is 1. The van der Waals surface area contributed by atoms with Gasteiger partial charge in [0.2, 0.25) is 0 Å². The summed E-state index contributed by atoms with van der Waals surface area (Å²) < 4.78 is 33.7. The van der Waals surface area contributed by atoms with Gasteiger partial charge in [0, 0.05) is 19.2 Å². The molecule has 0 saturated carbocycles. The van der Waals surface area contributed by atoms with Crippen molar-refractivity contribution in [3.63, 3.8) is 0 Å². The Kier molecular flexibility index (Phi) is 5.82. The maximum atomic E-state index is 12.6. The molecule has 0 amide bonds. The monoisotopic (exact) mass is 425 g/mol. The van der Waals surface area contributed by atoms with Crippen molar-refractivity contribution >= 4 is 38.9 Å². The standard InChI is InChI=1S/C18H17Cl2N3O3S/c1-23-7-6-14(11-23)26-17-9-13(3-4-15(17)19)22-27(24,25)18-5-2-12(10-21)8-16(18)20/h2-5,8-9,14,22H,6-7,11H2,1H3. The Balaban J connectivity index is 1.82. The van der Waals surface area contributed by atoms with Crippen LogP contribution in [0.15, 0.2) is 41.3 Å². The maximum absolute atomic E-state index is 12.6. The van der Waals surface area contributed by atoms with Crippen LogP contribution in [0.25, 0.3) is 0 Å². The molecule has 1 aliphatic rings. The number of anilines is 1. The van der Waals surface area contributed by atoms with Crippen LogP contribution in [0.4, 0.5) is 5.69 Å². The average molecular weight is 426 g/mol. The van der Waals surface area contributed by atoms with Crippen molar-refractivity contribution in [3.05, 3.63) is 52.0 Å². The van der Waals surface area contributed by atoms with Gasteiger partial charge in [0.1, 0.15) is 16.7 Å². The van der Waals surface area contributed by atoms with E-state index in [0.29, 0.717) is 16.5 Å². The molecule has 9 heteroatoms. The minimum atomic E-state index is -3.93. The minimum Gasteiger partial charge on any atom is -0.487 e. The lowest BCUT2D eigenvalue weighted by atomic mass is 10.2. The number of benzene rings is 2. The van der Waals surface area contributed by atoms with Crippen molar-refractivity contribution in [2.45, 2.75) is 17.4 Å². The van der Waals surface area contributed by atoms with Crippen LogP contribution >= 0.6 is 23.2 Å². The Hall–Kier alpha value is -1.98. The second-order valence-corrected chi connectivity index (χ2v) is 8.76. The Morgan fingerprint density at radius 3 is 2.63 bits per heavy atom. The SMILES string of the molecule is CN1CCC(Oc2cc(NS(=O)(=O)c3ccc(C#N)cc3Cl)ccc2Cl)C1. The maximum Gasteiger partial charge on any atom is 0.263 e. The van der Waals surface area contributed by atoms with E-state index < -0.39 is 10.0 Å². The second kappa shape index (κ2) is 7.95. The molecule has 1 unspecified atom stereocenters. The van der Waals surface area contributed by atoms with Gasteiger partial charge < -0.3 is 9.64 Å². The zero-order valence-electron chi connectivity index (χ0n) is 14.4. The van der Waals surface area contributed by atoms with E-state index in [1.54, 1.807) is 18.2 Å². The number of rotatable bonds is 5. The van der Waals surface area contributed by atoms with Gasteiger partial charge in [-0.15, -0.1) is 0 Å². The number of halogens is 2. The van der Waals surface area contributed by atoms with Crippen molar-refractivity contribution < 1.29 is 13.2 Å². The first-order valence-electron chi connectivity index (χ1n) is 8.16. The van der Waals surface area contributed by atoms with Crippen LogP contribution in [0.2, 0.25) is 10.0 Å². The lowest BCUT2D eigenvalue weighted by Gasteiger charge is -2.16. The molecule has 1 saturated heterocycles. The van der Waals surface area contributed by atoms with E-state index >= 15 is 0 Å². The summed E-state index contributed by atoms with van der Waals surface area (Å²) in [4.78, 5) is 2.04. The van der Waals surface area contributed by atoms with Crippen LogP contribution in [0.1, 0.15) is 12.0 Å². The molecule has 1 heterocycles. The number of likely N-dealkylation sites (N-methyl/N-ethyl adjacent to an activating group) is 1. The fourth-order valence-corrected chi connectivity index (χ4v) is 4.58. The van der Waals surface area contributed by atoms with E-state index in [-0.39, 0.29) is 21.6 Å². The average Bonchev–Trinajstić information content (AvgIpc) is 3.02. The Labute approximate surface area is 168 Å². The molecule has 2 aromatic carbocycles. The molecule has 0 spiro atoms. The van der Waals surface area contributed by atoms with Gasteiger partial charge in [0.15, 0.2) is 0 Å². The summed E-state index contributed by atoms with van der Waals surface area (Å²) in [6, 6.07) is 10.6. The van der Waals surface area contributed by atoms with Crippen molar-refractivity contribution in [1.82, 2.24) is 4.90 Å². The molecule has 0 aliphatic carbocycles. The van der Waals surface area contributed by atoms with E-state index in [1.807, 2.05) is 13.1 Å². The molecule has 1 N–H and O–H groups in total. The number of hydrogen-bond acceptors (Lipinski definition) is 5. The molecule has 1 aliphatic heterocycles. The summed E-state index contributed by atoms with van der Waals surface area (Å²) in [5.74, 6) is 0.420. The zero-order chi connectivity index (χ0) is 19.6. The van der Waals surface area contributed by atoms with Crippen molar-refractivity contribution in [2.75, 3.05) is 24.9 Å². The summed E-state index contributed by atoms with van der Waals surface area (Å²) in [6.07, 6.45) is 0.885. The summed E-state index contributed by atoms with van der Waals surface area (Å²) in [5.41, 5.74) is 0.587. The highest BCUT2D eigenvalue weighted by atomic mass is 35.5. The van der Waals surface area contributed by atoms with Crippen LogP contribution in [-0.4, -0.2) is 39.6 Å². The topological polar surface area (TPSA) is 82.4 Å². The van der Waals surface area contributed by atoms with E-state index in [2.05, 4.69) is 9.62 Å². The molecule has 0 radical (unpaired) electrons. The first kappa shape index (κ1) is 19.8. The summed E-state index contributed by atoms with van der Waals surface area (Å²) >= 11 is 12.2. The molecule has 27 heavy (non-hydrogen) atoms. The zero-order valence-corrected chi connectivity index (χ0v) is 16.8. The number of nitrogens with zero attached hydrogens (tertiary/aromatic N) is 2. The smallest absolute Gasteiger partial charge is 0.263 e. The van der Waals surface area contributed by atoms with Gasteiger partial charge >= 0.3 is 0 Å². The number of sulfonamides is 1. The first-order chi connectivity index (χ1) is 12.8. The number of nitrogens with one attached hydrogen (secondary N) is 1. The first-order valence-corrected chi connectivity index (χ1v) is 10.4. The molecule has 142 valence electrons. The highest BCUT2D eigenvalue weighted by Gasteiger charge is 2.23. The summed E-state index contributed by atoms with van der Waals surface area (Å²) in [7, 11) is -1.92. The third kappa shape index (κ3) is 4.66. The summed E-state index contributed by atoms with van der Waals surface area (Å²) in [6.45, 7) is 1.72. The molecule has 3 rings (SSSR count). The minimum absolute atomic E-state index is 0.00678. The lowest BCUT2D eigenvalue weighted by Crippen LogP contribution is -2.21. The van der Waals surface area contributed by atoms with Crippen molar-refractivity contribution in [2.24, 2.45) is 0 Å². The van der Waals surface area contributed by atoms with Crippen LogP contribution < -0.4 is 9.46 Å². The number of likely N-dealkylation sites (tertiary alicyclic amines) is 1. The van der Waals surface area contributed by atoms with Crippen molar-refractivity contribution in [1.29, 1.82) is 5.26 Å². The predicted octanol–water partition coefficient (Wildman–Crippen LogP) is 3.75. The molecule has 6 nitrogen and oxygen atoms in total. The van der Waals surface area contributed by atoms with E-state index in [4.69, 9.17) is 33.2 Å². The Morgan fingerprint density at radius 2 is 2.00 bits per heavy atom. The number of hydrogen-bond donors (Lipinski definition) is 1. The van der Waals surface area contributed by atoms with Gasteiger partial charge in [-0.1, -0.05) is 23.2 Å². The fraction of sp³-hybridized carbons (Fsp3) is 0.278. The van der Waals surface area contributed by atoms with Crippen molar-refractivity contribution in [3.8, 4) is 11.8 Å². The normalized spacial score (nSPS) is 17.5. The molecular weight excluding hydrogens is 409 g/mol. The molecular formula is C18H17Cl2N3O3S. The lowest BCUT2D eigenvalue weighted by molar-refractivity contribution is 0.208. The Morgan fingerprint density at radius 1 is 1.22 bits per heavy atom. The molecule has 0 bridgehead atoms. The third-order valence-corrected chi connectivity index (χ3v) is 6.35. The van der Waals surface area contributed by atoms with Gasteiger partial charge in [-0.25, -0.2) is 8.42 Å². The third-order valence-electron chi connectivity index (χ3n) is 4.18. The Bertz CT molecular complexity index is 1010. The largest absolute Gasteiger partial charge is 0.487 e. The van der Waals surface area contributed by atoms with E-state index in [0.717, 1.165) is 19.5 Å². The van der Waals surface area contributed by atoms with Crippen LogP contribution in [0.3, 0.4) is 0 Å².